The molecule has 0 radical (unpaired) electrons. The zero-order chi connectivity index (χ0) is 14.7. The van der Waals surface area contributed by atoms with Crippen molar-refractivity contribution in [3.05, 3.63) is 63.4 Å². The first-order valence-electron chi connectivity index (χ1n) is 5.97. The van der Waals surface area contributed by atoms with Crippen LogP contribution in [0.4, 0.5) is 4.39 Å². The number of rotatable bonds is 4. The average molecular weight is 315 g/mol. The fourth-order valence-electron chi connectivity index (χ4n) is 1.99. The quantitative estimate of drug-likeness (QED) is 0.905. The molecule has 106 valence electrons. The van der Waals surface area contributed by atoms with Crippen molar-refractivity contribution in [2.75, 3.05) is 7.11 Å². The molecule has 0 bridgehead atoms. The van der Waals surface area contributed by atoms with Gasteiger partial charge in [-0.25, -0.2) is 4.39 Å². The van der Waals surface area contributed by atoms with E-state index in [1.54, 1.807) is 30.3 Å². The highest BCUT2D eigenvalue weighted by Crippen LogP contribution is 2.32. The van der Waals surface area contributed by atoms with Gasteiger partial charge in [-0.3, -0.25) is 0 Å². The second-order valence-corrected chi connectivity index (χ2v) is 5.13. The van der Waals surface area contributed by atoms with Crippen LogP contribution in [0, 0.1) is 5.82 Å². The molecule has 0 amide bonds. The van der Waals surface area contributed by atoms with E-state index in [1.165, 1.54) is 13.2 Å². The van der Waals surface area contributed by atoms with Gasteiger partial charge in [0.2, 0.25) is 0 Å². The maximum absolute atomic E-state index is 13.4. The van der Waals surface area contributed by atoms with Gasteiger partial charge in [0.1, 0.15) is 11.6 Å². The second-order valence-electron chi connectivity index (χ2n) is 4.32. The van der Waals surface area contributed by atoms with Crippen LogP contribution >= 0.6 is 23.2 Å². The minimum Gasteiger partial charge on any atom is -0.496 e. The minimum atomic E-state index is -0.886. The normalized spacial score (nSPS) is 12.2. The Morgan fingerprint density at radius 2 is 2.00 bits per heavy atom. The summed E-state index contributed by atoms with van der Waals surface area (Å²) in [6, 6.07) is 9.47. The molecular formula is C15H13Cl2FO2. The molecule has 0 aromatic heterocycles. The zero-order valence-electron chi connectivity index (χ0n) is 10.7. The maximum Gasteiger partial charge on any atom is 0.142 e. The van der Waals surface area contributed by atoms with Crippen LogP contribution in [0.5, 0.6) is 5.75 Å². The molecule has 0 saturated carbocycles. The van der Waals surface area contributed by atoms with Crippen LogP contribution in [0.2, 0.25) is 10.0 Å². The fraction of sp³-hybridized carbons (Fsp3) is 0.200. The van der Waals surface area contributed by atoms with Crippen molar-refractivity contribution < 1.29 is 14.2 Å². The van der Waals surface area contributed by atoms with Crippen molar-refractivity contribution in [3.8, 4) is 5.75 Å². The van der Waals surface area contributed by atoms with Crippen molar-refractivity contribution in [1.82, 2.24) is 0 Å². The molecule has 2 aromatic rings. The van der Waals surface area contributed by atoms with E-state index < -0.39 is 11.9 Å². The number of hydrogen-bond donors (Lipinski definition) is 1. The Morgan fingerprint density at radius 1 is 1.25 bits per heavy atom. The van der Waals surface area contributed by atoms with Gasteiger partial charge in [0.05, 0.1) is 18.2 Å². The lowest BCUT2D eigenvalue weighted by Gasteiger charge is -2.16. The van der Waals surface area contributed by atoms with E-state index in [-0.39, 0.29) is 11.4 Å². The monoisotopic (exact) mass is 314 g/mol. The van der Waals surface area contributed by atoms with E-state index in [4.69, 9.17) is 27.9 Å². The van der Waals surface area contributed by atoms with Crippen molar-refractivity contribution in [1.29, 1.82) is 0 Å². The molecule has 2 nitrogen and oxygen atoms in total. The molecule has 2 aromatic carbocycles. The van der Waals surface area contributed by atoms with Gasteiger partial charge < -0.3 is 9.84 Å². The largest absolute Gasteiger partial charge is 0.496 e. The maximum atomic E-state index is 13.4. The first-order chi connectivity index (χ1) is 9.52. The third-order valence-electron chi connectivity index (χ3n) is 3.00. The Bertz CT molecular complexity index is 617. The van der Waals surface area contributed by atoms with Crippen LogP contribution in [0.15, 0.2) is 36.4 Å². The number of benzene rings is 2. The Kier molecular flexibility index (Phi) is 4.86. The van der Waals surface area contributed by atoms with E-state index in [9.17, 15) is 9.50 Å². The smallest absolute Gasteiger partial charge is 0.142 e. The van der Waals surface area contributed by atoms with Crippen LogP contribution in [0.1, 0.15) is 17.2 Å². The highest BCUT2D eigenvalue weighted by Gasteiger charge is 2.17. The lowest BCUT2D eigenvalue weighted by Crippen LogP contribution is -2.05. The molecular weight excluding hydrogens is 302 g/mol. The van der Waals surface area contributed by atoms with E-state index in [0.29, 0.717) is 21.9 Å². The Labute approximate surface area is 126 Å². The van der Waals surface area contributed by atoms with E-state index in [1.807, 2.05) is 0 Å². The third-order valence-corrected chi connectivity index (χ3v) is 3.65. The molecule has 0 saturated heterocycles. The summed E-state index contributed by atoms with van der Waals surface area (Å²) in [7, 11) is 1.51. The first kappa shape index (κ1) is 15.1. The molecule has 1 atom stereocenters. The summed E-state index contributed by atoms with van der Waals surface area (Å²) >= 11 is 11.8. The number of ether oxygens (including phenoxy) is 1. The van der Waals surface area contributed by atoms with Crippen molar-refractivity contribution in [2.24, 2.45) is 0 Å². The molecule has 0 heterocycles. The van der Waals surface area contributed by atoms with Gasteiger partial charge in [-0.05, 0) is 29.8 Å². The van der Waals surface area contributed by atoms with Crippen LogP contribution in [-0.4, -0.2) is 12.2 Å². The predicted molar refractivity (Wildman–Crippen MR) is 78.1 cm³/mol. The summed E-state index contributed by atoms with van der Waals surface area (Å²) in [5, 5.41) is 10.8. The lowest BCUT2D eigenvalue weighted by atomic mass is 10.0. The SMILES string of the molecule is COc1ccc(Cl)cc1C(O)Cc1cccc(F)c1Cl. The van der Waals surface area contributed by atoms with Crippen LogP contribution in [0.25, 0.3) is 0 Å². The summed E-state index contributed by atoms with van der Waals surface area (Å²) in [5.74, 6) is 0.0175. The van der Waals surface area contributed by atoms with Crippen molar-refractivity contribution in [3.63, 3.8) is 0 Å². The number of hydrogen-bond acceptors (Lipinski definition) is 2. The van der Waals surface area contributed by atoms with Gasteiger partial charge >= 0.3 is 0 Å². The molecule has 0 aliphatic carbocycles. The number of halogens is 3. The fourth-order valence-corrected chi connectivity index (χ4v) is 2.37. The summed E-state index contributed by atoms with van der Waals surface area (Å²) in [5.41, 5.74) is 1.07. The van der Waals surface area contributed by atoms with E-state index in [0.717, 1.165) is 0 Å². The summed E-state index contributed by atoms with van der Waals surface area (Å²) in [6.07, 6.45) is -0.712. The van der Waals surface area contributed by atoms with Crippen LogP contribution < -0.4 is 4.74 Å². The molecule has 0 fully saturated rings. The van der Waals surface area contributed by atoms with Gasteiger partial charge in [-0.2, -0.15) is 0 Å². The van der Waals surface area contributed by atoms with Gasteiger partial charge in [0.25, 0.3) is 0 Å². The van der Waals surface area contributed by atoms with Gasteiger partial charge in [0, 0.05) is 17.0 Å². The number of aliphatic hydroxyl groups excluding tert-OH is 1. The lowest BCUT2D eigenvalue weighted by molar-refractivity contribution is 0.174. The number of aliphatic hydroxyl groups is 1. The number of methoxy groups -OCH3 is 1. The summed E-state index contributed by atoms with van der Waals surface area (Å²) < 4.78 is 18.6. The Balaban J connectivity index is 2.30. The standard InChI is InChI=1S/C15H13Cl2FO2/c1-20-14-6-5-10(16)8-11(14)13(19)7-9-3-2-4-12(18)15(9)17/h2-6,8,13,19H,7H2,1H3. The van der Waals surface area contributed by atoms with E-state index in [2.05, 4.69) is 0 Å². The highest BCUT2D eigenvalue weighted by atomic mass is 35.5. The van der Waals surface area contributed by atoms with Crippen molar-refractivity contribution in [2.45, 2.75) is 12.5 Å². The molecule has 1 N–H and O–H groups in total. The summed E-state index contributed by atoms with van der Waals surface area (Å²) in [6.45, 7) is 0. The van der Waals surface area contributed by atoms with Crippen LogP contribution in [-0.2, 0) is 6.42 Å². The minimum absolute atomic E-state index is 0.0209. The Hall–Kier alpha value is -1.29. The molecule has 1 unspecified atom stereocenters. The highest BCUT2D eigenvalue weighted by molar-refractivity contribution is 6.31. The third kappa shape index (κ3) is 3.23. The summed E-state index contributed by atoms with van der Waals surface area (Å²) in [4.78, 5) is 0. The average Bonchev–Trinajstić information content (AvgIpc) is 2.43. The molecule has 2 rings (SSSR count). The topological polar surface area (TPSA) is 29.5 Å². The molecule has 5 heteroatoms. The van der Waals surface area contributed by atoms with Crippen LogP contribution in [0.3, 0.4) is 0 Å². The van der Waals surface area contributed by atoms with Crippen molar-refractivity contribution >= 4 is 23.2 Å². The molecule has 0 spiro atoms. The van der Waals surface area contributed by atoms with Gasteiger partial charge in [-0.1, -0.05) is 35.3 Å². The first-order valence-corrected chi connectivity index (χ1v) is 6.73. The van der Waals surface area contributed by atoms with Gasteiger partial charge in [0.15, 0.2) is 0 Å². The molecule has 0 aliphatic heterocycles. The Morgan fingerprint density at radius 3 is 2.70 bits per heavy atom. The molecule has 0 aliphatic rings. The van der Waals surface area contributed by atoms with Gasteiger partial charge in [-0.15, -0.1) is 0 Å². The van der Waals surface area contributed by atoms with E-state index >= 15 is 0 Å². The predicted octanol–water partition coefficient (Wildman–Crippen LogP) is 4.42. The zero-order valence-corrected chi connectivity index (χ0v) is 12.2. The second kappa shape index (κ2) is 6.44. The molecule has 20 heavy (non-hydrogen) atoms.